The van der Waals surface area contributed by atoms with Crippen LogP contribution in [0.3, 0.4) is 0 Å². The molecule has 2 fully saturated rings. The van der Waals surface area contributed by atoms with E-state index in [9.17, 15) is 4.79 Å². The number of carbonyl (C=O) groups excluding carboxylic acids is 1. The number of hydrogen-bond acceptors (Lipinski definition) is 1. The van der Waals surface area contributed by atoms with Gasteiger partial charge in [-0.25, -0.2) is 0 Å². The van der Waals surface area contributed by atoms with E-state index in [4.69, 9.17) is 0 Å². The fourth-order valence-electron chi connectivity index (χ4n) is 2.77. The van der Waals surface area contributed by atoms with E-state index in [0.29, 0.717) is 11.3 Å². The maximum Gasteiger partial charge on any atom is 0.228 e. The highest BCUT2D eigenvalue weighted by Gasteiger charge is 2.60. The number of hydrogen-bond donors (Lipinski definition) is 1. The number of benzene rings is 1. The molecule has 1 unspecified atom stereocenters. The molecule has 1 aromatic rings. The lowest BCUT2D eigenvalue weighted by Crippen LogP contribution is -2.23. The van der Waals surface area contributed by atoms with Crippen LogP contribution in [0.5, 0.6) is 0 Å². The van der Waals surface area contributed by atoms with Gasteiger partial charge in [0.05, 0.1) is 0 Å². The normalized spacial score (nSPS) is 24.9. The number of anilines is 1. The molecule has 84 valence electrons. The third-order valence-electron chi connectivity index (χ3n) is 4.17. The van der Waals surface area contributed by atoms with Gasteiger partial charge in [-0.2, -0.15) is 0 Å². The van der Waals surface area contributed by atoms with Gasteiger partial charge in [-0.1, -0.05) is 24.1 Å². The smallest absolute Gasteiger partial charge is 0.228 e. The Morgan fingerprint density at radius 2 is 2.00 bits per heavy atom. The van der Waals surface area contributed by atoms with E-state index in [2.05, 4.69) is 12.2 Å². The van der Waals surface area contributed by atoms with Crippen LogP contribution in [0, 0.1) is 18.3 Å². The third-order valence-corrected chi connectivity index (χ3v) is 4.17. The summed E-state index contributed by atoms with van der Waals surface area (Å²) in [4.78, 5) is 12.0. The van der Waals surface area contributed by atoms with Crippen LogP contribution in [-0.2, 0) is 4.79 Å². The highest BCUT2D eigenvalue weighted by atomic mass is 16.2. The predicted molar refractivity (Wildman–Crippen MR) is 64.2 cm³/mol. The minimum atomic E-state index is 0.226. The summed E-state index contributed by atoms with van der Waals surface area (Å²) in [5.74, 6) is 0.520. The first-order valence-corrected chi connectivity index (χ1v) is 6.07. The molecule has 2 aliphatic carbocycles. The summed E-state index contributed by atoms with van der Waals surface area (Å²) in [6.45, 7) is 2.05. The van der Waals surface area contributed by atoms with Gasteiger partial charge < -0.3 is 5.32 Å². The molecular weight excluding hydrogens is 198 g/mol. The zero-order valence-corrected chi connectivity index (χ0v) is 9.62. The molecule has 0 radical (unpaired) electrons. The molecule has 3 rings (SSSR count). The van der Waals surface area contributed by atoms with E-state index in [1.54, 1.807) is 0 Å². The molecule has 2 aliphatic rings. The van der Waals surface area contributed by atoms with E-state index < -0.39 is 0 Å². The van der Waals surface area contributed by atoms with E-state index in [0.717, 1.165) is 12.1 Å². The molecule has 1 N–H and O–H groups in total. The van der Waals surface area contributed by atoms with Gasteiger partial charge in [0.1, 0.15) is 0 Å². The highest BCUT2D eigenvalue weighted by Crippen LogP contribution is 2.65. The van der Waals surface area contributed by atoms with Crippen LogP contribution < -0.4 is 5.32 Å². The largest absolute Gasteiger partial charge is 0.326 e. The average molecular weight is 215 g/mol. The van der Waals surface area contributed by atoms with Crippen LogP contribution in [0.1, 0.15) is 31.2 Å². The lowest BCUT2D eigenvalue weighted by atomic mass is 9.79. The van der Waals surface area contributed by atoms with Crippen molar-refractivity contribution in [2.45, 2.75) is 32.6 Å². The second kappa shape index (κ2) is 3.34. The maximum absolute atomic E-state index is 12.0. The Kier molecular flexibility index (Phi) is 2.06. The zero-order chi connectivity index (χ0) is 11.2. The van der Waals surface area contributed by atoms with Crippen LogP contribution in [0.25, 0.3) is 0 Å². The van der Waals surface area contributed by atoms with Crippen molar-refractivity contribution < 1.29 is 4.79 Å². The highest BCUT2D eigenvalue weighted by molar-refractivity contribution is 5.95. The van der Waals surface area contributed by atoms with Gasteiger partial charge >= 0.3 is 0 Å². The van der Waals surface area contributed by atoms with Gasteiger partial charge in [-0.3, -0.25) is 4.79 Å². The Hall–Kier alpha value is -1.31. The van der Waals surface area contributed by atoms with Crippen LogP contribution in [-0.4, -0.2) is 5.91 Å². The van der Waals surface area contributed by atoms with Crippen LogP contribution >= 0.6 is 0 Å². The van der Waals surface area contributed by atoms with Gasteiger partial charge in [0.15, 0.2) is 0 Å². The Labute approximate surface area is 96.1 Å². The first-order chi connectivity index (χ1) is 7.70. The number of carbonyl (C=O) groups is 1. The fraction of sp³-hybridized carbons (Fsp3) is 0.500. The van der Waals surface area contributed by atoms with Crippen molar-refractivity contribution >= 4 is 11.6 Å². The molecule has 2 heteroatoms. The van der Waals surface area contributed by atoms with Crippen molar-refractivity contribution in [1.82, 2.24) is 0 Å². The van der Waals surface area contributed by atoms with Gasteiger partial charge in [0.25, 0.3) is 0 Å². The van der Waals surface area contributed by atoms with Crippen molar-refractivity contribution in [2.75, 3.05) is 5.32 Å². The van der Waals surface area contributed by atoms with E-state index >= 15 is 0 Å². The molecule has 16 heavy (non-hydrogen) atoms. The SMILES string of the molecule is Cc1ccc(NC(=O)C2CC23CCC3)cc1. The Balaban J connectivity index is 1.63. The van der Waals surface area contributed by atoms with E-state index in [-0.39, 0.29) is 5.91 Å². The average Bonchev–Trinajstić information content (AvgIpc) is 2.96. The summed E-state index contributed by atoms with van der Waals surface area (Å²) in [6.07, 6.45) is 4.96. The summed E-state index contributed by atoms with van der Waals surface area (Å²) in [6, 6.07) is 8.01. The van der Waals surface area contributed by atoms with E-state index in [1.165, 1.54) is 24.8 Å². The number of rotatable bonds is 2. The van der Waals surface area contributed by atoms with E-state index in [1.807, 2.05) is 24.3 Å². The first kappa shape index (κ1) is 9.88. The summed E-state index contributed by atoms with van der Waals surface area (Å²) in [5.41, 5.74) is 2.58. The van der Waals surface area contributed by atoms with Crippen molar-refractivity contribution in [3.05, 3.63) is 29.8 Å². The molecule has 2 nitrogen and oxygen atoms in total. The summed E-state index contributed by atoms with van der Waals surface area (Å²) in [7, 11) is 0. The molecule has 0 heterocycles. The van der Waals surface area contributed by atoms with Crippen LogP contribution in [0.2, 0.25) is 0 Å². The molecule has 0 aromatic heterocycles. The molecule has 0 saturated heterocycles. The van der Waals surface area contributed by atoms with Crippen molar-refractivity contribution in [3.63, 3.8) is 0 Å². The van der Waals surface area contributed by atoms with Gasteiger partial charge in [0.2, 0.25) is 5.91 Å². The Morgan fingerprint density at radius 3 is 2.50 bits per heavy atom. The lowest BCUT2D eigenvalue weighted by molar-refractivity contribution is -0.118. The molecule has 2 saturated carbocycles. The Morgan fingerprint density at radius 1 is 1.31 bits per heavy atom. The molecule has 1 amide bonds. The minimum absolute atomic E-state index is 0.226. The Bertz CT molecular complexity index is 417. The molecule has 1 spiro atoms. The summed E-state index contributed by atoms with van der Waals surface area (Å²) in [5, 5.41) is 3.02. The number of amides is 1. The fourth-order valence-corrected chi connectivity index (χ4v) is 2.77. The van der Waals surface area contributed by atoms with Gasteiger partial charge in [0, 0.05) is 11.6 Å². The standard InChI is InChI=1S/C14H17NO/c1-10-3-5-11(6-4-10)15-13(16)12-9-14(12)7-2-8-14/h3-6,12H,2,7-9H2,1H3,(H,15,16). The lowest BCUT2D eigenvalue weighted by Gasteiger charge is -2.26. The van der Waals surface area contributed by atoms with Crippen molar-refractivity contribution in [3.8, 4) is 0 Å². The quantitative estimate of drug-likeness (QED) is 0.806. The molecule has 0 bridgehead atoms. The van der Waals surface area contributed by atoms with Crippen molar-refractivity contribution in [1.29, 1.82) is 0 Å². The maximum atomic E-state index is 12.0. The van der Waals surface area contributed by atoms with Crippen LogP contribution in [0.4, 0.5) is 5.69 Å². The van der Waals surface area contributed by atoms with Crippen LogP contribution in [0.15, 0.2) is 24.3 Å². The monoisotopic (exact) mass is 215 g/mol. The number of nitrogens with one attached hydrogen (secondary N) is 1. The van der Waals surface area contributed by atoms with Crippen molar-refractivity contribution in [2.24, 2.45) is 11.3 Å². The minimum Gasteiger partial charge on any atom is -0.326 e. The zero-order valence-electron chi connectivity index (χ0n) is 9.62. The first-order valence-electron chi connectivity index (χ1n) is 6.07. The third kappa shape index (κ3) is 1.53. The number of aryl methyl sites for hydroxylation is 1. The predicted octanol–water partition coefficient (Wildman–Crippen LogP) is 3.12. The summed E-state index contributed by atoms with van der Waals surface area (Å²) >= 11 is 0. The topological polar surface area (TPSA) is 29.1 Å². The second-order valence-electron chi connectivity index (χ2n) is 5.33. The summed E-state index contributed by atoms with van der Waals surface area (Å²) < 4.78 is 0. The molecule has 0 aliphatic heterocycles. The van der Waals surface area contributed by atoms with Gasteiger partial charge in [-0.15, -0.1) is 0 Å². The molecular formula is C14H17NO. The van der Waals surface area contributed by atoms with Gasteiger partial charge in [-0.05, 0) is 43.7 Å². The molecule has 1 atom stereocenters. The second-order valence-corrected chi connectivity index (χ2v) is 5.33. The molecule has 1 aromatic carbocycles.